The lowest BCUT2D eigenvalue weighted by atomic mass is 10.0. The van der Waals surface area contributed by atoms with Crippen molar-refractivity contribution in [1.82, 2.24) is 0 Å². The van der Waals surface area contributed by atoms with Crippen molar-refractivity contribution in [1.29, 1.82) is 0 Å². The van der Waals surface area contributed by atoms with E-state index in [1.54, 1.807) is 54.6 Å². The maximum Gasteiger partial charge on any atom is 0.165 e. The number of carboxylic acids is 1. The fourth-order valence-corrected chi connectivity index (χ4v) is 2.13. The number of benzene rings is 2. The van der Waals surface area contributed by atoms with Gasteiger partial charge in [-0.3, -0.25) is 4.79 Å². The van der Waals surface area contributed by atoms with Gasteiger partial charge in [0.05, 0.1) is 12.0 Å². The molecule has 0 heterocycles. The summed E-state index contributed by atoms with van der Waals surface area (Å²) in [5, 5.41) is 14.0. The van der Waals surface area contributed by atoms with Crippen LogP contribution in [-0.4, -0.2) is 17.8 Å². The number of carboxylic acid groups (broad SMARTS) is 1. The van der Waals surface area contributed by atoms with E-state index >= 15 is 0 Å². The van der Waals surface area contributed by atoms with E-state index in [1.807, 2.05) is 0 Å². The molecule has 0 aromatic heterocycles. The third-order valence-electron chi connectivity index (χ3n) is 2.95. The van der Waals surface area contributed by atoms with Crippen LogP contribution in [0.4, 0.5) is 5.69 Å². The first-order valence-corrected chi connectivity index (χ1v) is 7.17. The smallest absolute Gasteiger partial charge is 0.165 e. The average Bonchev–Trinajstić information content (AvgIpc) is 2.49. The maximum atomic E-state index is 12.1. The molecule has 2 aromatic rings. The topological polar surface area (TPSA) is 69.2 Å². The van der Waals surface area contributed by atoms with Gasteiger partial charge in [-0.2, -0.15) is 0 Å². The van der Waals surface area contributed by atoms with Gasteiger partial charge >= 0.3 is 0 Å². The van der Waals surface area contributed by atoms with Crippen LogP contribution in [0.15, 0.2) is 59.1 Å². The molecule has 0 aliphatic carbocycles. The van der Waals surface area contributed by atoms with E-state index in [0.29, 0.717) is 11.3 Å². The first-order valence-electron chi connectivity index (χ1n) is 6.37. The zero-order chi connectivity index (χ0) is 15.2. The van der Waals surface area contributed by atoms with Crippen LogP contribution in [0.25, 0.3) is 0 Å². The highest BCUT2D eigenvalue weighted by atomic mass is 79.9. The van der Waals surface area contributed by atoms with Crippen LogP contribution in [0.1, 0.15) is 16.8 Å². The summed E-state index contributed by atoms with van der Waals surface area (Å²) in [7, 11) is 0. The number of nitrogens with one attached hydrogen (secondary N) is 1. The number of Topliss-reactive ketones (excluding diaryl/α,β-unsaturated/α-hetero) is 1. The van der Waals surface area contributed by atoms with Crippen LogP contribution < -0.4 is 10.4 Å². The predicted molar refractivity (Wildman–Crippen MR) is 81.9 cm³/mol. The number of hydrogen-bond acceptors (Lipinski definition) is 4. The number of ketones is 1. The summed E-state index contributed by atoms with van der Waals surface area (Å²) in [6.07, 6.45) is -0.164. The molecule has 5 heteroatoms. The summed E-state index contributed by atoms with van der Waals surface area (Å²) in [5.41, 5.74) is 1.11. The van der Waals surface area contributed by atoms with Crippen molar-refractivity contribution in [3.05, 3.63) is 64.6 Å². The molecule has 108 valence electrons. The fourth-order valence-electron chi connectivity index (χ4n) is 1.87. The van der Waals surface area contributed by atoms with Crippen LogP contribution in [0, 0.1) is 0 Å². The molecule has 0 amide bonds. The molecule has 21 heavy (non-hydrogen) atoms. The number of hydrogen-bond donors (Lipinski definition) is 1. The van der Waals surface area contributed by atoms with Gasteiger partial charge in [0.1, 0.15) is 0 Å². The molecule has 0 spiro atoms. The minimum Gasteiger partial charge on any atom is -0.548 e. The van der Waals surface area contributed by atoms with Gasteiger partial charge in [-0.25, -0.2) is 0 Å². The van der Waals surface area contributed by atoms with E-state index in [1.165, 1.54) is 0 Å². The Bertz CT molecular complexity index is 626. The molecule has 0 bridgehead atoms. The van der Waals surface area contributed by atoms with E-state index in [4.69, 9.17) is 0 Å². The molecule has 2 aromatic carbocycles. The standard InChI is InChI=1S/C16H14BrNO3/c17-12-6-8-13(9-7-12)18-14(16(20)21)10-15(19)11-4-2-1-3-5-11/h1-9,14,18H,10H2,(H,20,21)/p-1/t14-/m1/s1. The van der Waals surface area contributed by atoms with Gasteiger partial charge in [0.15, 0.2) is 5.78 Å². The molecule has 0 saturated carbocycles. The van der Waals surface area contributed by atoms with Crippen molar-refractivity contribution in [2.75, 3.05) is 5.32 Å². The molecule has 0 aliphatic rings. The summed E-state index contributed by atoms with van der Waals surface area (Å²) < 4.78 is 0.887. The van der Waals surface area contributed by atoms with Gasteiger partial charge in [-0.1, -0.05) is 46.3 Å². The van der Waals surface area contributed by atoms with E-state index in [9.17, 15) is 14.7 Å². The quantitative estimate of drug-likeness (QED) is 0.814. The van der Waals surface area contributed by atoms with Crippen molar-refractivity contribution >= 4 is 33.4 Å². The third-order valence-corrected chi connectivity index (χ3v) is 3.48. The van der Waals surface area contributed by atoms with Gasteiger partial charge in [0, 0.05) is 22.1 Å². The second-order valence-corrected chi connectivity index (χ2v) is 5.43. The Hall–Kier alpha value is -2.14. The van der Waals surface area contributed by atoms with E-state index in [-0.39, 0.29) is 12.2 Å². The van der Waals surface area contributed by atoms with Crippen molar-refractivity contribution in [2.45, 2.75) is 12.5 Å². The molecule has 0 fully saturated rings. The molecule has 1 N–H and O–H groups in total. The highest BCUT2D eigenvalue weighted by Gasteiger charge is 2.16. The van der Waals surface area contributed by atoms with Crippen molar-refractivity contribution < 1.29 is 14.7 Å². The van der Waals surface area contributed by atoms with Gasteiger partial charge in [0.2, 0.25) is 0 Å². The third kappa shape index (κ3) is 4.43. The molecule has 1 atom stereocenters. The molecule has 4 nitrogen and oxygen atoms in total. The second kappa shape index (κ2) is 7.04. The minimum atomic E-state index is -1.30. The lowest BCUT2D eigenvalue weighted by Gasteiger charge is -2.20. The summed E-state index contributed by atoms with van der Waals surface area (Å²) in [6.45, 7) is 0. The Morgan fingerprint density at radius 2 is 1.67 bits per heavy atom. The zero-order valence-corrected chi connectivity index (χ0v) is 12.7. The molecule has 0 aliphatic heterocycles. The Morgan fingerprint density at radius 1 is 1.05 bits per heavy atom. The fraction of sp³-hybridized carbons (Fsp3) is 0.125. The summed E-state index contributed by atoms with van der Waals surface area (Å²) in [6, 6.07) is 14.6. The zero-order valence-electron chi connectivity index (χ0n) is 11.1. The first kappa shape index (κ1) is 15.3. The largest absolute Gasteiger partial charge is 0.548 e. The number of rotatable bonds is 6. The van der Waals surface area contributed by atoms with Crippen molar-refractivity contribution in [3.8, 4) is 0 Å². The van der Waals surface area contributed by atoms with Gasteiger partial charge in [0.25, 0.3) is 0 Å². The van der Waals surface area contributed by atoms with Gasteiger partial charge in [-0.05, 0) is 24.3 Å². The number of carbonyl (C=O) groups excluding carboxylic acids is 2. The number of aliphatic carboxylic acids is 1. The molecular weight excluding hydrogens is 334 g/mol. The lowest BCUT2D eigenvalue weighted by Crippen LogP contribution is -2.42. The van der Waals surface area contributed by atoms with Crippen LogP contribution in [-0.2, 0) is 4.79 Å². The summed E-state index contributed by atoms with van der Waals surface area (Å²) in [4.78, 5) is 23.3. The van der Waals surface area contributed by atoms with Crippen LogP contribution in [0.5, 0.6) is 0 Å². The number of halogens is 1. The summed E-state index contributed by atoms with van der Waals surface area (Å²) >= 11 is 3.30. The SMILES string of the molecule is O=C(C[C@@H](Nc1ccc(Br)cc1)C(=O)[O-])c1ccccc1. The first-order chi connectivity index (χ1) is 10.1. The van der Waals surface area contributed by atoms with Gasteiger partial charge < -0.3 is 15.2 Å². The van der Waals surface area contributed by atoms with E-state index in [2.05, 4.69) is 21.2 Å². The van der Waals surface area contributed by atoms with Gasteiger partial charge in [-0.15, -0.1) is 0 Å². The monoisotopic (exact) mass is 346 g/mol. The van der Waals surface area contributed by atoms with Crippen LogP contribution in [0.3, 0.4) is 0 Å². The van der Waals surface area contributed by atoms with E-state index in [0.717, 1.165) is 4.47 Å². The maximum absolute atomic E-state index is 12.1. The molecular formula is C16H13BrNO3-. The number of anilines is 1. The normalized spacial score (nSPS) is 11.7. The molecule has 0 saturated heterocycles. The number of carbonyl (C=O) groups is 2. The Kier molecular flexibility index (Phi) is 5.11. The van der Waals surface area contributed by atoms with Crippen molar-refractivity contribution in [2.24, 2.45) is 0 Å². The Labute approximate surface area is 130 Å². The Balaban J connectivity index is 2.07. The highest BCUT2D eigenvalue weighted by molar-refractivity contribution is 9.10. The molecule has 0 unspecified atom stereocenters. The van der Waals surface area contributed by atoms with Crippen molar-refractivity contribution in [3.63, 3.8) is 0 Å². The summed E-state index contributed by atoms with van der Waals surface area (Å²) in [5.74, 6) is -1.54. The predicted octanol–water partition coefficient (Wildman–Crippen LogP) is 2.25. The minimum absolute atomic E-state index is 0.164. The molecule has 2 rings (SSSR count). The van der Waals surface area contributed by atoms with Crippen LogP contribution >= 0.6 is 15.9 Å². The lowest BCUT2D eigenvalue weighted by molar-refractivity contribution is -0.306. The highest BCUT2D eigenvalue weighted by Crippen LogP contribution is 2.16. The molecule has 0 radical (unpaired) electrons. The average molecular weight is 347 g/mol. The van der Waals surface area contributed by atoms with E-state index < -0.39 is 12.0 Å². The Morgan fingerprint density at radius 3 is 2.24 bits per heavy atom. The van der Waals surface area contributed by atoms with Crippen LogP contribution in [0.2, 0.25) is 0 Å². The second-order valence-electron chi connectivity index (χ2n) is 4.52.